The molecule has 0 atom stereocenters. The third-order valence-corrected chi connectivity index (χ3v) is 4.79. The van der Waals surface area contributed by atoms with Crippen molar-refractivity contribution in [3.05, 3.63) is 80.4 Å². The van der Waals surface area contributed by atoms with Gasteiger partial charge in [-0.15, -0.1) is 0 Å². The number of aromatic hydroxyl groups is 1. The highest BCUT2D eigenvalue weighted by atomic mass is 32.2. The van der Waals surface area contributed by atoms with Crippen LogP contribution in [0.25, 0.3) is 6.08 Å². The van der Waals surface area contributed by atoms with E-state index >= 15 is 0 Å². The molecule has 0 spiro atoms. The van der Waals surface area contributed by atoms with Gasteiger partial charge in [0.05, 0.1) is 22.6 Å². The zero-order chi connectivity index (χ0) is 20.3. The number of aliphatic hydroxyl groups excluding tert-OH is 1. The Bertz CT molecular complexity index is 1060. The lowest BCUT2D eigenvalue weighted by Gasteiger charge is -2.02. The molecule has 0 aromatic heterocycles. The summed E-state index contributed by atoms with van der Waals surface area (Å²) in [4.78, 5) is 27.1. The number of carbonyl (C=O) groups excluding carboxylic acids is 1. The van der Waals surface area contributed by atoms with Gasteiger partial charge in [-0.3, -0.25) is 10.1 Å². The number of aliphatic imine (C=N–C) groups is 1. The van der Waals surface area contributed by atoms with Crippen molar-refractivity contribution < 1.29 is 24.7 Å². The first-order valence-corrected chi connectivity index (χ1v) is 8.75. The number of hydrogen-bond donors (Lipinski definition) is 2. The Kier molecular flexibility index (Phi) is 5.46. The van der Waals surface area contributed by atoms with E-state index in [2.05, 4.69) is 4.99 Å². The predicted octanol–water partition coefficient (Wildman–Crippen LogP) is 4.10. The molecule has 1 aliphatic rings. The first-order chi connectivity index (χ1) is 13.4. The van der Waals surface area contributed by atoms with Gasteiger partial charge in [-0.2, -0.15) is 0 Å². The van der Waals surface area contributed by atoms with Crippen LogP contribution in [0.4, 0.5) is 11.4 Å². The number of thioether (sulfide) groups is 1. The zero-order valence-corrected chi connectivity index (χ0v) is 15.3. The van der Waals surface area contributed by atoms with Gasteiger partial charge in [0.2, 0.25) is 0 Å². The maximum Gasteiger partial charge on any atom is 0.344 e. The molecule has 0 radical (unpaired) electrons. The first kappa shape index (κ1) is 19.2. The van der Waals surface area contributed by atoms with Crippen LogP contribution in [0.5, 0.6) is 5.75 Å². The molecule has 0 aliphatic carbocycles. The lowest BCUT2D eigenvalue weighted by Crippen LogP contribution is -2.10. The van der Waals surface area contributed by atoms with Crippen LogP contribution in [-0.4, -0.2) is 33.3 Å². The number of para-hydroxylation sites is 1. The van der Waals surface area contributed by atoms with Gasteiger partial charge in [0, 0.05) is 17.7 Å². The van der Waals surface area contributed by atoms with Gasteiger partial charge in [-0.25, -0.2) is 9.79 Å². The normalized spacial score (nSPS) is 16.6. The number of aliphatic hydroxyl groups is 1. The van der Waals surface area contributed by atoms with Crippen molar-refractivity contribution in [3.8, 4) is 5.75 Å². The Morgan fingerprint density at radius 3 is 2.64 bits per heavy atom. The van der Waals surface area contributed by atoms with Crippen LogP contribution >= 0.6 is 11.8 Å². The fraction of sp³-hybridized carbons (Fsp3) is 0.0526. The van der Waals surface area contributed by atoms with E-state index in [9.17, 15) is 25.1 Å². The van der Waals surface area contributed by atoms with Gasteiger partial charge in [-0.1, -0.05) is 36.0 Å². The molecule has 0 fully saturated rings. The van der Waals surface area contributed by atoms with E-state index in [-0.39, 0.29) is 38.4 Å². The maximum absolute atomic E-state index is 12.1. The summed E-state index contributed by atoms with van der Waals surface area (Å²) in [6, 6.07) is 12.1. The first-order valence-electron chi connectivity index (χ1n) is 7.93. The van der Waals surface area contributed by atoms with Crippen molar-refractivity contribution in [1.29, 1.82) is 0 Å². The molecule has 0 amide bonds. The van der Waals surface area contributed by atoms with Crippen LogP contribution in [0.1, 0.15) is 5.56 Å². The van der Waals surface area contributed by atoms with Crippen molar-refractivity contribution in [1.82, 2.24) is 0 Å². The van der Waals surface area contributed by atoms with Crippen molar-refractivity contribution in [2.75, 3.05) is 7.11 Å². The average molecular weight is 398 g/mol. The fourth-order valence-corrected chi connectivity index (χ4v) is 3.46. The number of esters is 1. The number of benzene rings is 2. The van der Waals surface area contributed by atoms with E-state index in [1.165, 1.54) is 43.5 Å². The van der Waals surface area contributed by atoms with Crippen LogP contribution in [0.15, 0.2) is 69.8 Å². The minimum atomic E-state index is -0.796. The Morgan fingerprint density at radius 2 is 1.96 bits per heavy atom. The molecule has 1 heterocycles. The third kappa shape index (κ3) is 3.89. The number of nitro benzene ring substituents is 1. The monoisotopic (exact) mass is 398 g/mol. The number of nitrogens with zero attached hydrogens (tertiary/aromatic N) is 2. The minimum absolute atomic E-state index is 0.00657. The lowest BCUT2D eigenvalue weighted by atomic mass is 10.1. The summed E-state index contributed by atoms with van der Waals surface area (Å²) in [5.74, 6) is -1.13. The second-order valence-corrected chi connectivity index (χ2v) is 6.61. The number of non-ortho nitro benzene ring substituents is 1. The van der Waals surface area contributed by atoms with Crippen LogP contribution in [-0.2, 0) is 9.53 Å². The second kappa shape index (κ2) is 7.97. The summed E-state index contributed by atoms with van der Waals surface area (Å²) < 4.78 is 4.72. The largest absolute Gasteiger partial charge is 0.507 e. The highest BCUT2D eigenvalue weighted by Gasteiger charge is 2.33. The molecule has 28 heavy (non-hydrogen) atoms. The van der Waals surface area contributed by atoms with Crippen LogP contribution in [0.3, 0.4) is 0 Å². The lowest BCUT2D eigenvalue weighted by molar-refractivity contribution is -0.384. The smallest absolute Gasteiger partial charge is 0.344 e. The standard InChI is InChI=1S/C19H14N2O6S/c1-27-19(24)16-17(23)15(9-11-5-2-3-8-14(11)22)28-18(16)20-12-6-4-7-13(10-12)21(25)26/h2-10,22-23H,1H3/b15-9+,20-18?. The summed E-state index contributed by atoms with van der Waals surface area (Å²) >= 11 is 0.988. The quantitative estimate of drug-likeness (QED) is 0.451. The summed E-state index contributed by atoms with van der Waals surface area (Å²) in [6.07, 6.45) is 1.51. The Morgan fingerprint density at radius 1 is 1.21 bits per heavy atom. The van der Waals surface area contributed by atoms with E-state index in [1.54, 1.807) is 18.2 Å². The molecule has 0 saturated carbocycles. The van der Waals surface area contributed by atoms with Crippen molar-refractivity contribution in [2.45, 2.75) is 0 Å². The van der Waals surface area contributed by atoms with Gasteiger partial charge < -0.3 is 14.9 Å². The number of ether oxygens (including phenoxy) is 1. The van der Waals surface area contributed by atoms with Crippen LogP contribution < -0.4 is 0 Å². The molecule has 1 aliphatic heterocycles. The molecule has 2 aromatic rings. The van der Waals surface area contributed by atoms with Gasteiger partial charge in [0.1, 0.15) is 22.1 Å². The van der Waals surface area contributed by atoms with E-state index in [4.69, 9.17) is 4.74 Å². The Balaban J connectivity index is 2.07. The number of phenolic OH excluding ortho intramolecular Hbond substituents is 1. The second-order valence-electron chi connectivity index (χ2n) is 5.58. The molecule has 0 saturated heterocycles. The summed E-state index contributed by atoms with van der Waals surface area (Å²) in [5, 5.41) is 31.5. The molecule has 9 heteroatoms. The third-order valence-electron chi connectivity index (χ3n) is 3.77. The van der Waals surface area contributed by atoms with Crippen molar-refractivity contribution in [2.24, 2.45) is 4.99 Å². The number of carbonyl (C=O) groups is 1. The molecule has 0 bridgehead atoms. The van der Waals surface area contributed by atoms with E-state index in [0.717, 1.165) is 11.8 Å². The maximum atomic E-state index is 12.1. The fourth-order valence-electron chi connectivity index (χ4n) is 2.43. The molecule has 0 unspecified atom stereocenters. The summed E-state index contributed by atoms with van der Waals surface area (Å²) in [5.41, 5.74) is 0.385. The summed E-state index contributed by atoms with van der Waals surface area (Å²) in [7, 11) is 1.17. The number of phenols is 1. The van der Waals surface area contributed by atoms with E-state index in [1.807, 2.05) is 0 Å². The van der Waals surface area contributed by atoms with Gasteiger partial charge in [-0.05, 0) is 18.2 Å². The van der Waals surface area contributed by atoms with Crippen molar-refractivity contribution in [3.63, 3.8) is 0 Å². The molecule has 2 aromatic carbocycles. The van der Waals surface area contributed by atoms with Gasteiger partial charge in [0.25, 0.3) is 5.69 Å². The number of methoxy groups -OCH3 is 1. The molecule has 3 rings (SSSR count). The zero-order valence-electron chi connectivity index (χ0n) is 14.5. The molecule has 142 valence electrons. The van der Waals surface area contributed by atoms with Gasteiger partial charge >= 0.3 is 5.97 Å². The average Bonchev–Trinajstić information content (AvgIpc) is 2.98. The van der Waals surface area contributed by atoms with Crippen LogP contribution in [0.2, 0.25) is 0 Å². The molecule has 2 N–H and O–H groups in total. The Hall–Kier alpha value is -3.59. The minimum Gasteiger partial charge on any atom is -0.507 e. The highest BCUT2D eigenvalue weighted by molar-refractivity contribution is 8.18. The Labute approximate surface area is 163 Å². The molecular weight excluding hydrogens is 384 g/mol. The molecule has 8 nitrogen and oxygen atoms in total. The van der Waals surface area contributed by atoms with E-state index in [0.29, 0.717) is 5.56 Å². The predicted molar refractivity (Wildman–Crippen MR) is 106 cm³/mol. The van der Waals surface area contributed by atoms with Crippen molar-refractivity contribution >= 4 is 40.2 Å². The highest BCUT2D eigenvalue weighted by Crippen LogP contribution is 2.41. The SMILES string of the molecule is COC(=O)C1=C(O)/C(=C\c2ccccc2O)SC1=Nc1cccc([N+](=O)[O-])c1. The topological polar surface area (TPSA) is 122 Å². The van der Waals surface area contributed by atoms with Crippen LogP contribution in [0, 0.1) is 10.1 Å². The van der Waals surface area contributed by atoms with E-state index < -0.39 is 10.9 Å². The number of nitro groups is 1. The summed E-state index contributed by atoms with van der Waals surface area (Å²) in [6.45, 7) is 0. The van der Waals surface area contributed by atoms with Gasteiger partial charge in [0.15, 0.2) is 0 Å². The number of rotatable bonds is 4. The number of hydrogen-bond acceptors (Lipinski definition) is 8. The molecular formula is C19H14N2O6S.